The molecule has 7 heteroatoms. The van der Waals surface area contributed by atoms with E-state index in [1.165, 1.54) is 11.3 Å². The molecule has 1 N–H and O–H groups in total. The molecule has 0 unspecified atom stereocenters. The molecule has 0 amide bonds. The number of aryl methyl sites for hydroxylation is 1. The maximum Gasteiger partial charge on any atom is 0.255 e. The summed E-state index contributed by atoms with van der Waals surface area (Å²) in [6.07, 6.45) is 6.13. The first kappa shape index (κ1) is 16.7. The van der Waals surface area contributed by atoms with Gasteiger partial charge in [-0.25, -0.2) is 4.98 Å². The second-order valence-corrected chi connectivity index (χ2v) is 6.61. The first-order valence-electron chi connectivity index (χ1n) is 8.91. The highest BCUT2D eigenvalue weighted by molar-refractivity contribution is 5.53. The van der Waals surface area contributed by atoms with Crippen LogP contribution in [0.2, 0.25) is 0 Å². The van der Waals surface area contributed by atoms with Crippen LogP contribution in [0.4, 0.5) is 0 Å². The van der Waals surface area contributed by atoms with Crippen LogP contribution >= 0.6 is 0 Å². The summed E-state index contributed by atoms with van der Waals surface area (Å²) in [4.78, 5) is 26.6. The number of nitrogens with one attached hydrogen (secondary N) is 1. The smallest absolute Gasteiger partial charge is 0.255 e. The molecule has 4 rings (SSSR count). The largest absolute Gasteiger partial charge is 0.306 e. The fraction of sp³-hybridized carbons (Fsp3) is 0.368. The van der Waals surface area contributed by atoms with Gasteiger partial charge in [0.05, 0.1) is 17.5 Å². The average Bonchev–Trinajstić information content (AvgIpc) is 3.02. The lowest BCUT2D eigenvalue weighted by atomic mass is 10.1. The number of hydrogen-bond donors (Lipinski definition) is 1. The molecule has 0 aliphatic carbocycles. The van der Waals surface area contributed by atoms with Crippen LogP contribution in [0.15, 0.2) is 35.5 Å². The molecule has 134 valence electrons. The van der Waals surface area contributed by atoms with Crippen LogP contribution in [0, 0.1) is 6.92 Å². The lowest BCUT2D eigenvalue weighted by Gasteiger charge is -2.27. The van der Waals surface area contributed by atoms with E-state index in [4.69, 9.17) is 0 Å². The molecule has 0 bridgehead atoms. The summed E-state index contributed by atoms with van der Waals surface area (Å²) in [5, 5.41) is 4.41. The summed E-state index contributed by atoms with van der Waals surface area (Å²) in [7, 11) is 0. The van der Waals surface area contributed by atoms with Crippen molar-refractivity contribution in [2.75, 3.05) is 6.54 Å². The van der Waals surface area contributed by atoms with E-state index in [9.17, 15) is 4.79 Å². The highest BCUT2D eigenvalue weighted by Gasteiger charge is 2.22. The second kappa shape index (κ2) is 6.84. The van der Waals surface area contributed by atoms with Gasteiger partial charge in [0.1, 0.15) is 5.82 Å². The van der Waals surface area contributed by atoms with E-state index in [-0.39, 0.29) is 5.56 Å². The molecule has 26 heavy (non-hydrogen) atoms. The summed E-state index contributed by atoms with van der Waals surface area (Å²) in [6, 6.07) is 3.75. The predicted molar refractivity (Wildman–Crippen MR) is 98.5 cm³/mol. The Labute approximate surface area is 151 Å². The Morgan fingerprint density at radius 1 is 1.31 bits per heavy atom. The van der Waals surface area contributed by atoms with E-state index in [0.717, 1.165) is 42.9 Å². The number of hydrogen-bond acceptors (Lipinski definition) is 5. The summed E-state index contributed by atoms with van der Waals surface area (Å²) in [5.41, 5.74) is 4.84. The van der Waals surface area contributed by atoms with Gasteiger partial charge >= 0.3 is 0 Å². The minimum Gasteiger partial charge on any atom is -0.306 e. The van der Waals surface area contributed by atoms with E-state index >= 15 is 0 Å². The van der Waals surface area contributed by atoms with Crippen molar-refractivity contribution in [3.05, 3.63) is 63.6 Å². The van der Waals surface area contributed by atoms with E-state index < -0.39 is 0 Å². The van der Waals surface area contributed by atoms with Gasteiger partial charge in [0, 0.05) is 61.8 Å². The van der Waals surface area contributed by atoms with Crippen LogP contribution in [0.25, 0.3) is 11.4 Å². The minimum atomic E-state index is -0.0560. The van der Waals surface area contributed by atoms with Gasteiger partial charge in [0.2, 0.25) is 0 Å². The third kappa shape index (κ3) is 3.06. The second-order valence-electron chi connectivity index (χ2n) is 6.61. The lowest BCUT2D eigenvalue weighted by molar-refractivity contribution is 0.241. The standard InChI is InChI=1S/C19H22N6O/c1-3-25-13(2)15(10-21-25)11-24-8-6-17-16(12-24)19(26)23-18(22-17)14-5-4-7-20-9-14/h4-5,7,9-10H,3,6,8,11-12H2,1-2H3,(H,22,23,26). The molecule has 3 aromatic rings. The van der Waals surface area contributed by atoms with Crippen molar-refractivity contribution in [1.82, 2.24) is 29.6 Å². The Bertz CT molecular complexity index is 975. The van der Waals surface area contributed by atoms with E-state index in [1.54, 1.807) is 12.4 Å². The number of aromatic nitrogens is 5. The van der Waals surface area contributed by atoms with Gasteiger partial charge < -0.3 is 4.98 Å². The molecule has 0 saturated heterocycles. The molecular formula is C19H22N6O. The maximum absolute atomic E-state index is 12.6. The molecule has 0 radical (unpaired) electrons. The first-order valence-corrected chi connectivity index (χ1v) is 8.91. The molecule has 1 aliphatic rings. The third-order valence-corrected chi connectivity index (χ3v) is 4.98. The van der Waals surface area contributed by atoms with Gasteiger partial charge in [-0.05, 0) is 26.0 Å². The molecule has 1 aliphatic heterocycles. The van der Waals surface area contributed by atoms with Crippen LogP contribution in [0.5, 0.6) is 0 Å². The Kier molecular flexibility index (Phi) is 4.38. The molecule has 3 aromatic heterocycles. The zero-order valence-electron chi connectivity index (χ0n) is 15.1. The molecule has 0 atom stereocenters. The van der Waals surface area contributed by atoms with E-state index in [1.807, 2.05) is 23.0 Å². The van der Waals surface area contributed by atoms with E-state index in [0.29, 0.717) is 12.4 Å². The van der Waals surface area contributed by atoms with Crippen molar-refractivity contribution in [2.24, 2.45) is 0 Å². The SMILES string of the molecule is CCn1ncc(CN2CCc3nc(-c4cccnc4)[nH]c(=O)c3C2)c1C. The zero-order valence-corrected chi connectivity index (χ0v) is 15.1. The van der Waals surface area contributed by atoms with Gasteiger partial charge in [-0.1, -0.05) is 0 Å². The Morgan fingerprint density at radius 2 is 2.19 bits per heavy atom. The molecular weight excluding hydrogens is 328 g/mol. The van der Waals surface area contributed by atoms with Crippen LogP contribution in [-0.4, -0.2) is 36.2 Å². The van der Waals surface area contributed by atoms with Gasteiger partial charge in [-0.2, -0.15) is 5.10 Å². The summed E-state index contributed by atoms with van der Waals surface area (Å²) in [5.74, 6) is 0.593. The molecule has 0 saturated carbocycles. The summed E-state index contributed by atoms with van der Waals surface area (Å²) < 4.78 is 2.00. The van der Waals surface area contributed by atoms with Gasteiger partial charge in [0.15, 0.2) is 0 Å². The quantitative estimate of drug-likeness (QED) is 0.777. The van der Waals surface area contributed by atoms with Crippen molar-refractivity contribution in [3.63, 3.8) is 0 Å². The zero-order chi connectivity index (χ0) is 18.1. The first-order chi connectivity index (χ1) is 12.7. The number of pyridine rings is 1. The third-order valence-electron chi connectivity index (χ3n) is 4.98. The number of rotatable bonds is 4. The lowest BCUT2D eigenvalue weighted by Crippen LogP contribution is -2.35. The predicted octanol–water partition coefficient (Wildman–Crippen LogP) is 1.92. The number of fused-ring (bicyclic) bond motifs is 1. The van der Waals surface area contributed by atoms with Gasteiger partial charge in [-0.3, -0.25) is 19.4 Å². The van der Waals surface area contributed by atoms with Crippen LogP contribution < -0.4 is 5.56 Å². The maximum atomic E-state index is 12.6. The average molecular weight is 350 g/mol. The fourth-order valence-electron chi connectivity index (χ4n) is 3.46. The van der Waals surface area contributed by atoms with Crippen molar-refractivity contribution in [3.8, 4) is 11.4 Å². The molecule has 0 aromatic carbocycles. The van der Waals surface area contributed by atoms with Crippen LogP contribution in [0.1, 0.15) is 29.4 Å². The topological polar surface area (TPSA) is 79.7 Å². The van der Waals surface area contributed by atoms with Gasteiger partial charge in [0.25, 0.3) is 5.56 Å². The fourth-order valence-corrected chi connectivity index (χ4v) is 3.46. The van der Waals surface area contributed by atoms with Crippen LogP contribution in [-0.2, 0) is 26.1 Å². The highest BCUT2D eigenvalue weighted by Crippen LogP contribution is 2.20. The highest BCUT2D eigenvalue weighted by atomic mass is 16.1. The molecule has 4 heterocycles. The van der Waals surface area contributed by atoms with Crippen molar-refractivity contribution >= 4 is 0 Å². The number of nitrogens with zero attached hydrogens (tertiary/aromatic N) is 5. The number of aromatic amines is 1. The Hall–Kier alpha value is -2.80. The van der Waals surface area contributed by atoms with E-state index in [2.05, 4.69) is 38.8 Å². The van der Waals surface area contributed by atoms with Crippen molar-refractivity contribution in [1.29, 1.82) is 0 Å². The summed E-state index contributed by atoms with van der Waals surface area (Å²) >= 11 is 0. The van der Waals surface area contributed by atoms with Crippen molar-refractivity contribution < 1.29 is 0 Å². The normalized spacial score (nSPS) is 14.4. The molecule has 7 nitrogen and oxygen atoms in total. The van der Waals surface area contributed by atoms with Crippen LogP contribution in [0.3, 0.4) is 0 Å². The Balaban J connectivity index is 1.57. The minimum absolute atomic E-state index is 0.0560. The summed E-state index contributed by atoms with van der Waals surface area (Å²) in [6.45, 7) is 7.35. The molecule has 0 fully saturated rings. The molecule has 0 spiro atoms. The monoisotopic (exact) mass is 350 g/mol. The van der Waals surface area contributed by atoms with Gasteiger partial charge in [-0.15, -0.1) is 0 Å². The van der Waals surface area contributed by atoms with Crippen molar-refractivity contribution in [2.45, 2.75) is 39.9 Å². The Morgan fingerprint density at radius 3 is 2.92 bits per heavy atom. The number of H-pyrrole nitrogens is 1.